The Balaban J connectivity index is 1.57. The molecule has 0 radical (unpaired) electrons. The fourth-order valence-electron chi connectivity index (χ4n) is 3.17. The van der Waals surface area contributed by atoms with Crippen molar-refractivity contribution in [1.82, 2.24) is 4.98 Å². The van der Waals surface area contributed by atoms with Crippen molar-refractivity contribution in [3.8, 4) is 0 Å². The summed E-state index contributed by atoms with van der Waals surface area (Å²) in [7, 11) is -2.93. The van der Waals surface area contributed by atoms with E-state index in [4.69, 9.17) is 0 Å². The maximum absolute atomic E-state index is 12.4. The fourth-order valence-corrected chi connectivity index (χ4v) is 4.37. The number of carbonyl (C=O) groups excluding carboxylic acids is 1. The molecular weight excluding hydrogens is 414 g/mol. The zero-order chi connectivity index (χ0) is 22.3. The number of nitrogens with zero attached hydrogens (tertiary/aromatic N) is 4. The summed E-state index contributed by atoms with van der Waals surface area (Å²) >= 11 is 0. The molecule has 1 aliphatic rings. The predicted octanol–water partition coefficient (Wildman–Crippen LogP) is 2.59. The summed E-state index contributed by atoms with van der Waals surface area (Å²) in [5.74, 6) is 0.858. The average molecular weight is 440 g/mol. The van der Waals surface area contributed by atoms with Gasteiger partial charge in [0.2, 0.25) is 5.91 Å². The van der Waals surface area contributed by atoms with Gasteiger partial charge in [-0.15, -0.1) is 0 Å². The van der Waals surface area contributed by atoms with Crippen LogP contribution in [0.25, 0.3) is 5.70 Å². The number of benzene rings is 1. The molecule has 1 N–H and O–H groups in total. The van der Waals surface area contributed by atoms with Gasteiger partial charge in [0, 0.05) is 36.8 Å². The molecule has 162 valence electrons. The lowest BCUT2D eigenvalue weighted by atomic mass is 10.1. The van der Waals surface area contributed by atoms with Gasteiger partial charge in [-0.3, -0.25) is 14.8 Å². The number of rotatable bonds is 7. The number of pyridine rings is 1. The van der Waals surface area contributed by atoms with Crippen molar-refractivity contribution in [1.29, 1.82) is 0 Å². The van der Waals surface area contributed by atoms with Crippen LogP contribution in [0.2, 0.25) is 0 Å². The van der Waals surface area contributed by atoms with Crippen LogP contribution in [0, 0.1) is 0 Å². The van der Waals surface area contributed by atoms with E-state index < -0.39 is 9.84 Å². The highest BCUT2D eigenvalue weighted by Crippen LogP contribution is 2.19. The Morgan fingerprint density at radius 2 is 1.90 bits per heavy atom. The van der Waals surface area contributed by atoms with Gasteiger partial charge in [-0.25, -0.2) is 13.4 Å². The third-order valence-electron chi connectivity index (χ3n) is 4.79. The smallest absolute Gasteiger partial charge is 0.228 e. The van der Waals surface area contributed by atoms with Crippen LogP contribution in [0.15, 0.2) is 58.8 Å². The van der Waals surface area contributed by atoms with Crippen LogP contribution < -0.4 is 10.2 Å². The molecule has 0 aliphatic carbocycles. The van der Waals surface area contributed by atoms with E-state index in [9.17, 15) is 13.2 Å². The summed E-state index contributed by atoms with van der Waals surface area (Å²) in [5.41, 5.74) is 3.02. The molecule has 0 spiro atoms. The highest BCUT2D eigenvalue weighted by Gasteiger charge is 2.22. The summed E-state index contributed by atoms with van der Waals surface area (Å²) in [6.07, 6.45) is 5.10. The topological polar surface area (TPSA) is 104 Å². The first-order valence-electron chi connectivity index (χ1n) is 9.85. The van der Waals surface area contributed by atoms with Gasteiger partial charge in [0.05, 0.1) is 29.8 Å². The van der Waals surface area contributed by atoms with E-state index in [0.717, 1.165) is 16.9 Å². The lowest BCUT2D eigenvalue weighted by Gasteiger charge is -2.27. The van der Waals surface area contributed by atoms with Crippen LogP contribution in [0.1, 0.15) is 18.1 Å². The number of aliphatic imine (C=N–C) groups is 2. The third kappa shape index (κ3) is 6.32. The Bertz CT molecular complexity index is 1080. The first kappa shape index (κ1) is 22.4. The van der Waals surface area contributed by atoms with Crippen molar-refractivity contribution in [2.24, 2.45) is 9.98 Å². The van der Waals surface area contributed by atoms with Crippen molar-refractivity contribution >= 4 is 45.9 Å². The minimum atomic E-state index is -2.93. The Kier molecular flexibility index (Phi) is 7.30. The molecule has 0 bridgehead atoms. The molecule has 0 atom stereocenters. The van der Waals surface area contributed by atoms with Crippen molar-refractivity contribution in [3.05, 3.63) is 59.9 Å². The minimum Gasteiger partial charge on any atom is -0.355 e. The highest BCUT2D eigenvalue weighted by atomic mass is 32.2. The van der Waals surface area contributed by atoms with Crippen molar-refractivity contribution in [2.75, 3.05) is 34.8 Å². The van der Waals surface area contributed by atoms with Crippen LogP contribution >= 0.6 is 0 Å². The van der Waals surface area contributed by atoms with Gasteiger partial charge < -0.3 is 10.2 Å². The number of nitrogens with one attached hydrogen (secondary N) is 1. The Hall–Kier alpha value is -3.33. The van der Waals surface area contributed by atoms with Gasteiger partial charge >= 0.3 is 0 Å². The van der Waals surface area contributed by atoms with Crippen LogP contribution in [0.4, 0.5) is 11.5 Å². The van der Waals surface area contributed by atoms with E-state index in [0.29, 0.717) is 24.5 Å². The van der Waals surface area contributed by atoms with Crippen LogP contribution in [-0.2, 0) is 21.1 Å². The lowest BCUT2D eigenvalue weighted by molar-refractivity contribution is -0.115. The summed E-state index contributed by atoms with van der Waals surface area (Å²) in [4.78, 5) is 26.7. The van der Waals surface area contributed by atoms with Crippen LogP contribution in [0.3, 0.4) is 0 Å². The second kappa shape index (κ2) is 10.1. The van der Waals surface area contributed by atoms with E-state index in [1.54, 1.807) is 30.7 Å². The number of hydrogen-bond donors (Lipinski definition) is 1. The van der Waals surface area contributed by atoms with Gasteiger partial charge in [-0.05, 0) is 37.4 Å². The number of sulfone groups is 1. The number of aromatic nitrogens is 1. The molecule has 1 aliphatic heterocycles. The third-order valence-corrected chi connectivity index (χ3v) is 6.40. The van der Waals surface area contributed by atoms with Gasteiger partial charge in [-0.1, -0.05) is 18.2 Å². The quantitative estimate of drug-likeness (QED) is 0.668. The summed E-state index contributed by atoms with van der Waals surface area (Å²) < 4.78 is 23.1. The van der Waals surface area contributed by atoms with Crippen molar-refractivity contribution < 1.29 is 13.2 Å². The van der Waals surface area contributed by atoms with E-state index in [1.807, 2.05) is 36.1 Å². The average Bonchev–Trinajstić information content (AvgIpc) is 2.75. The number of anilines is 2. The molecule has 0 unspecified atom stereocenters. The number of hydrogen-bond acceptors (Lipinski definition) is 7. The van der Waals surface area contributed by atoms with E-state index in [1.165, 1.54) is 0 Å². The molecule has 0 saturated carbocycles. The van der Waals surface area contributed by atoms with Crippen molar-refractivity contribution in [2.45, 2.75) is 13.3 Å². The predicted molar refractivity (Wildman–Crippen MR) is 126 cm³/mol. The van der Waals surface area contributed by atoms with E-state index in [-0.39, 0.29) is 23.8 Å². The largest absolute Gasteiger partial charge is 0.355 e. The zero-order valence-electron chi connectivity index (χ0n) is 17.4. The second-order valence-electron chi connectivity index (χ2n) is 7.05. The standard InChI is InChI=1S/C22H25N5O3S/c1-3-24-20(16-23-2)18-5-7-19(8-6-18)26-22(28)14-17-4-9-21(25-15-17)27-10-12-31(29,30)13-11-27/h3-9,15-16H,2,10-14H2,1H3,(H,26,28)/b20-16-,24-3?. The summed E-state index contributed by atoms with van der Waals surface area (Å²) in [5, 5.41) is 2.87. The molecule has 1 aromatic heterocycles. The zero-order valence-corrected chi connectivity index (χ0v) is 18.2. The monoisotopic (exact) mass is 439 g/mol. The Labute approximate surface area is 182 Å². The highest BCUT2D eigenvalue weighted by molar-refractivity contribution is 7.91. The molecular formula is C22H25N5O3S. The fraction of sp³-hybridized carbons (Fsp3) is 0.273. The lowest BCUT2D eigenvalue weighted by Crippen LogP contribution is -2.40. The molecule has 1 amide bonds. The molecule has 8 nitrogen and oxygen atoms in total. The maximum Gasteiger partial charge on any atom is 0.228 e. The molecule has 1 aromatic carbocycles. The van der Waals surface area contributed by atoms with Crippen LogP contribution in [0.5, 0.6) is 0 Å². The van der Waals surface area contributed by atoms with Gasteiger partial charge in [-0.2, -0.15) is 0 Å². The molecule has 3 rings (SSSR count). The van der Waals surface area contributed by atoms with Gasteiger partial charge in [0.1, 0.15) is 5.82 Å². The molecule has 2 aromatic rings. The second-order valence-corrected chi connectivity index (χ2v) is 9.35. The van der Waals surface area contributed by atoms with Crippen LogP contribution in [-0.4, -0.2) is 56.8 Å². The first-order chi connectivity index (χ1) is 14.9. The maximum atomic E-state index is 12.4. The number of carbonyl (C=O) groups is 1. The SMILES string of the molecule is C=N/C=C(\N=CC)c1ccc(NC(=O)Cc2ccc(N3CCS(=O)(=O)CC3)nc2)cc1. The Morgan fingerprint density at radius 3 is 2.48 bits per heavy atom. The minimum absolute atomic E-state index is 0.143. The van der Waals surface area contributed by atoms with Gasteiger partial charge in [0.25, 0.3) is 0 Å². The van der Waals surface area contributed by atoms with Gasteiger partial charge in [0.15, 0.2) is 9.84 Å². The molecule has 31 heavy (non-hydrogen) atoms. The molecule has 1 fully saturated rings. The van der Waals surface area contributed by atoms with Crippen molar-refractivity contribution in [3.63, 3.8) is 0 Å². The normalized spacial score (nSPS) is 16.3. The molecule has 9 heteroatoms. The Morgan fingerprint density at radius 1 is 1.19 bits per heavy atom. The molecule has 2 heterocycles. The van der Waals surface area contributed by atoms with E-state index >= 15 is 0 Å². The first-order valence-corrected chi connectivity index (χ1v) is 11.7. The summed E-state index contributed by atoms with van der Waals surface area (Å²) in [6, 6.07) is 11.0. The molecule has 1 saturated heterocycles. The number of amides is 1. The van der Waals surface area contributed by atoms with E-state index in [2.05, 4.69) is 27.0 Å². The summed E-state index contributed by atoms with van der Waals surface area (Å²) in [6.45, 7) is 6.15.